The Morgan fingerprint density at radius 1 is 1.12 bits per heavy atom. The third-order valence-corrected chi connectivity index (χ3v) is 5.03. The average molecular weight is 337 g/mol. The summed E-state index contributed by atoms with van der Waals surface area (Å²) >= 11 is 0. The number of anilines is 2. The van der Waals surface area contributed by atoms with Crippen LogP contribution in [0.3, 0.4) is 0 Å². The molecule has 2 aromatic rings. The van der Waals surface area contributed by atoms with Gasteiger partial charge in [-0.15, -0.1) is 0 Å². The van der Waals surface area contributed by atoms with E-state index >= 15 is 0 Å². The van der Waals surface area contributed by atoms with Crippen LogP contribution in [0, 0.1) is 0 Å². The average Bonchev–Trinajstić information content (AvgIpc) is 2.64. The topological polar surface area (TPSA) is 58.4 Å². The first-order chi connectivity index (χ1) is 12.1. The smallest absolute Gasteiger partial charge is 0.255 e. The second-order valence-corrected chi connectivity index (χ2v) is 6.94. The maximum atomic E-state index is 12.5. The molecule has 0 heterocycles. The Morgan fingerprint density at radius 3 is 2.64 bits per heavy atom. The van der Waals surface area contributed by atoms with Crippen LogP contribution in [0.5, 0.6) is 0 Å². The Bertz CT molecular complexity index is 723. The number of nitrogen functional groups attached to an aromatic ring is 1. The lowest BCUT2D eigenvalue weighted by atomic mass is 9.94. The van der Waals surface area contributed by atoms with Crippen LogP contribution in [0.4, 0.5) is 11.4 Å². The summed E-state index contributed by atoms with van der Waals surface area (Å²) in [6.45, 7) is 0.845. The minimum absolute atomic E-state index is 0.125. The largest absolute Gasteiger partial charge is 0.399 e. The zero-order valence-corrected chi connectivity index (χ0v) is 14.9. The molecule has 0 bridgehead atoms. The first kappa shape index (κ1) is 17.5. The molecule has 0 aliphatic heterocycles. The molecular weight excluding hydrogens is 310 g/mol. The van der Waals surface area contributed by atoms with Crippen LogP contribution in [0.2, 0.25) is 0 Å². The summed E-state index contributed by atoms with van der Waals surface area (Å²) in [5.74, 6) is -0.125. The van der Waals surface area contributed by atoms with E-state index in [0.29, 0.717) is 17.3 Å². The number of nitrogens with zero attached hydrogens (tertiary/aromatic N) is 1. The number of rotatable bonds is 5. The summed E-state index contributed by atoms with van der Waals surface area (Å²) in [6.07, 6.45) is 6.55. The molecule has 1 aliphatic rings. The minimum Gasteiger partial charge on any atom is -0.399 e. The number of carbonyl (C=O) groups excluding carboxylic acids is 1. The van der Waals surface area contributed by atoms with E-state index < -0.39 is 0 Å². The molecule has 1 aliphatic carbocycles. The molecule has 4 heteroatoms. The molecule has 2 aromatic carbocycles. The van der Waals surface area contributed by atoms with Gasteiger partial charge in [-0.3, -0.25) is 9.69 Å². The van der Waals surface area contributed by atoms with Crippen molar-refractivity contribution in [2.75, 3.05) is 18.1 Å². The van der Waals surface area contributed by atoms with Crippen LogP contribution in [0.1, 0.15) is 48.0 Å². The van der Waals surface area contributed by atoms with Crippen LogP contribution in [0.15, 0.2) is 48.5 Å². The van der Waals surface area contributed by atoms with Gasteiger partial charge in [0.1, 0.15) is 0 Å². The van der Waals surface area contributed by atoms with Crippen molar-refractivity contribution in [3.05, 3.63) is 59.7 Å². The monoisotopic (exact) mass is 337 g/mol. The number of amides is 1. The molecule has 1 saturated carbocycles. The molecule has 3 N–H and O–H groups in total. The number of carbonyl (C=O) groups is 1. The van der Waals surface area contributed by atoms with Crippen molar-refractivity contribution in [2.45, 2.75) is 44.7 Å². The number of hydrogen-bond donors (Lipinski definition) is 2. The third-order valence-electron chi connectivity index (χ3n) is 5.03. The lowest BCUT2D eigenvalue weighted by Gasteiger charge is -2.31. The van der Waals surface area contributed by atoms with E-state index in [1.807, 2.05) is 18.2 Å². The van der Waals surface area contributed by atoms with Gasteiger partial charge in [-0.05, 0) is 49.7 Å². The van der Waals surface area contributed by atoms with Crippen molar-refractivity contribution in [3.63, 3.8) is 0 Å². The number of nitrogens with one attached hydrogen (secondary N) is 1. The lowest BCUT2D eigenvalue weighted by Crippen LogP contribution is -2.33. The number of benzene rings is 2. The summed E-state index contributed by atoms with van der Waals surface area (Å²) < 4.78 is 0. The summed E-state index contributed by atoms with van der Waals surface area (Å²) in [5, 5.41) is 3.04. The quantitative estimate of drug-likeness (QED) is 0.800. The Balaban J connectivity index is 1.71. The highest BCUT2D eigenvalue weighted by Crippen LogP contribution is 2.25. The molecule has 0 saturated heterocycles. The summed E-state index contributed by atoms with van der Waals surface area (Å²) in [5.41, 5.74) is 8.97. The van der Waals surface area contributed by atoms with E-state index in [1.54, 1.807) is 24.3 Å². The summed E-state index contributed by atoms with van der Waals surface area (Å²) in [4.78, 5) is 14.9. The van der Waals surface area contributed by atoms with E-state index in [-0.39, 0.29) is 5.91 Å². The van der Waals surface area contributed by atoms with Gasteiger partial charge in [0.15, 0.2) is 0 Å². The van der Waals surface area contributed by atoms with Crippen LogP contribution in [-0.2, 0) is 6.54 Å². The van der Waals surface area contributed by atoms with Gasteiger partial charge >= 0.3 is 0 Å². The van der Waals surface area contributed by atoms with Crippen molar-refractivity contribution in [1.82, 2.24) is 4.90 Å². The number of hydrogen-bond acceptors (Lipinski definition) is 3. The molecule has 132 valence electrons. The predicted molar refractivity (Wildman–Crippen MR) is 104 cm³/mol. The van der Waals surface area contributed by atoms with Gasteiger partial charge in [-0.25, -0.2) is 0 Å². The normalized spacial score (nSPS) is 15.3. The lowest BCUT2D eigenvalue weighted by molar-refractivity contribution is 0.102. The molecule has 1 amide bonds. The molecule has 4 nitrogen and oxygen atoms in total. The molecule has 0 spiro atoms. The molecule has 0 atom stereocenters. The van der Waals surface area contributed by atoms with Gasteiger partial charge < -0.3 is 11.1 Å². The molecular formula is C21H27N3O. The van der Waals surface area contributed by atoms with Gasteiger partial charge in [0.2, 0.25) is 0 Å². The standard InChI is InChI=1S/C21H27N3O/c1-24(19-11-3-2-4-12-19)15-17-8-5-6-13-20(17)23-21(25)16-9-7-10-18(22)14-16/h5-10,13-14,19H,2-4,11-12,15,22H2,1H3,(H,23,25). The number of nitrogens with two attached hydrogens (primary N) is 1. The van der Waals surface area contributed by atoms with E-state index in [1.165, 1.54) is 32.1 Å². The highest BCUT2D eigenvalue weighted by molar-refractivity contribution is 6.05. The molecule has 0 radical (unpaired) electrons. The van der Waals surface area contributed by atoms with E-state index in [2.05, 4.69) is 23.3 Å². The summed E-state index contributed by atoms with van der Waals surface area (Å²) in [7, 11) is 2.19. The van der Waals surface area contributed by atoms with Gasteiger partial charge in [0, 0.05) is 29.5 Å². The molecule has 1 fully saturated rings. The zero-order valence-electron chi connectivity index (χ0n) is 14.9. The fraction of sp³-hybridized carbons (Fsp3) is 0.381. The van der Waals surface area contributed by atoms with Crippen LogP contribution >= 0.6 is 0 Å². The first-order valence-electron chi connectivity index (χ1n) is 9.08. The Morgan fingerprint density at radius 2 is 1.88 bits per heavy atom. The highest BCUT2D eigenvalue weighted by atomic mass is 16.1. The minimum atomic E-state index is -0.125. The highest BCUT2D eigenvalue weighted by Gasteiger charge is 2.19. The predicted octanol–water partition coefficient (Wildman–Crippen LogP) is 4.29. The van der Waals surface area contributed by atoms with E-state index in [9.17, 15) is 4.79 Å². The van der Waals surface area contributed by atoms with E-state index in [4.69, 9.17) is 5.73 Å². The third kappa shape index (κ3) is 4.60. The maximum absolute atomic E-state index is 12.5. The van der Waals surface area contributed by atoms with Crippen molar-refractivity contribution in [2.24, 2.45) is 0 Å². The maximum Gasteiger partial charge on any atom is 0.255 e. The Hall–Kier alpha value is -2.33. The number of para-hydroxylation sites is 1. The van der Waals surface area contributed by atoms with Gasteiger partial charge in [0.05, 0.1) is 0 Å². The summed E-state index contributed by atoms with van der Waals surface area (Å²) in [6, 6.07) is 15.7. The van der Waals surface area contributed by atoms with Gasteiger partial charge in [-0.2, -0.15) is 0 Å². The zero-order chi connectivity index (χ0) is 17.6. The van der Waals surface area contributed by atoms with E-state index in [0.717, 1.165) is 17.8 Å². The van der Waals surface area contributed by atoms with Crippen LogP contribution in [0.25, 0.3) is 0 Å². The van der Waals surface area contributed by atoms with Crippen molar-refractivity contribution in [1.29, 1.82) is 0 Å². The SMILES string of the molecule is CN(Cc1ccccc1NC(=O)c1cccc(N)c1)C1CCCCC1. The molecule has 0 aromatic heterocycles. The van der Waals surface area contributed by atoms with Crippen LogP contribution in [-0.4, -0.2) is 23.9 Å². The first-order valence-corrected chi connectivity index (χ1v) is 9.08. The van der Waals surface area contributed by atoms with Crippen molar-refractivity contribution >= 4 is 17.3 Å². The van der Waals surface area contributed by atoms with Crippen molar-refractivity contribution in [3.8, 4) is 0 Å². The second kappa shape index (κ2) is 8.17. The molecule has 0 unspecified atom stereocenters. The van der Waals surface area contributed by atoms with Gasteiger partial charge in [-0.1, -0.05) is 43.5 Å². The van der Waals surface area contributed by atoms with Crippen LogP contribution < -0.4 is 11.1 Å². The van der Waals surface area contributed by atoms with Crippen molar-refractivity contribution < 1.29 is 4.79 Å². The Kier molecular flexibility index (Phi) is 5.71. The molecule has 25 heavy (non-hydrogen) atoms. The Labute approximate surface area is 150 Å². The fourth-order valence-corrected chi connectivity index (χ4v) is 3.57. The second-order valence-electron chi connectivity index (χ2n) is 6.94. The fourth-order valence-electron chi connectivity index (χ4n) is 3.57. The van der Waals surface area contributed by atoms with Gasteiger partial charge in [0.25, 0.3) is 5.91 Å². The molecule has 3 rings (SSSR count).